The molecule has 1 N–H and O–H groups in total. The van der Waals surface area contributed by atoms with Gasteiger partial charge in [-0.2, -0.15) is 0 Å². The van der Waals surface area contributed by atoms with Gasteiger partial charge in [0.2, 0.25) is 5.43 Å². The molecule has 2 heterocycles. The van der Waals surface area contributed by atoms with Crippen molar-refractivity contribution in [3.8, 4) is 0 Å². The number of H-pyrrole nitrogens is 1. The average Bonchev–Trinajstić information content (AvgIpc) is 2.30. The van der Waals surface area contributed by atoms with Crippen molar-refractivity contribution in [3.63, 3.8) is 0 Å². The number of aromatic nitrogens is 2. The van der Waals surface area contributed by atoms with E-state index in [4.69, 9.17) is 4.74 Å². The molecule has 0 aliphatic heterocycles. The monoisotopic (exact) mass is 218 g/mol. The topological polar surface area (TPSA) is 72.1 Å². The highest BCUT2D eigenvalue weighted by Gasteiger charge is 2.13. The number of rotatable bonds is 2. The summed E-state index contributed by atoms with van der Waals surface area (Å²) in [4.78, 5) is 30.1. The predicted octanol–water partition coefficient (Wildman–Crippen LogP) is 1.10. The highest BCUT2D eigenvalue weighted by Crippen LogP contribution is 2.05. The number of esters is 1. The molecular formula is C11H10N2O3. The van der Waals surface area contributed by atoms with E-state index in [1.165, 1.54) is 18.6 Å². The Balaban J connectivity index is 2.61. The Hall–Kier alpha value is -2.17. The minimum Gasteiger partial charge on any atom is -0.462 e. The molecule has 2 aromatic rings. The van der Waals surface area contributed by atoms with E-state index < -0.39 is 5.97 Å². The first-order valence-corrected chi connectivity index (χ1v) is 4.86. The number of nitrogens with one attached hydrogen (secondary N) is 1. The van der Waals surface area contributed by atoms with Crippen LogP contribution in [0.25, 0.3) is 10.9 Å². The average molecular weight is 218 g/mol. The van der Waals surface area contributed by atoms with Crippen LogP contribution >= 0.6 is 0 Å². The molecular weight excluding hydrogens is 208 g/mol. The smallest absolute Gasteiger partial charge is 0.343 e. The summed E-state index contributed by atoms with van der Waals surface area (Å²) in [5, 5.41) is 0.431. The summed E-state index contributed by atoms with van der Waals surface area (Å²) >= 11 is 0. The third-order valence-electron chi connectivity index (χ3n) is 2.18. The predicted molar refractivity (Wildman–Crippen MR) is 58.3 cm³/mol. The van der Waals surface area contributed by atoms with Crippen LogP contribution in [0.3, 0.4) is 0 Å². The molecule has 0 aromatic carbocycles. The minimum absolute atomic E-state index is 0.0144. The first-order chi connectivity index (χ1) is 7.74. The lowest BCUT2D eigenvalue weighted by Crippen LogP contribution is -2.18. The van der Waals surface area contributed by atoms with E-state index in [0.717, 1.165) is 0 Å². The first-order valence-electron chi connectivity index (χ1n) is 4.86. The lowest BCUT2D eigenvalue weighted by Gasteiger charge is -2.02. The van der Waals surface area contributed by atoms with Gasteiger partial charge in [0.25, 0.3) is 0 Å². The zero-order valence-electron chi connectivity index (χ0n) is 8.69. The normalized spacial score (nSPS) is 10.3. The van der Waals surface area contributed by atoms with E-state index in [2.05, 4.69) is 9.97 Å². The van der Waals surface area contributed by atoms with Gasteiger partial charge in [0.05, 0.1) is 18.3 Å². The van der Waals surface area contributed by atoms with Crippen molar-refractivity contribution in [1.29, 1.82) is 0 Å². The van der Waals surface area contributed by atoms with Crippen LogP contribution in [0.5, 0.6) is 0 Å². The highest BCUT2D eigenvalue weighted by molar-refractivity contribution is 5.93. The fraction of sp³-hybridized carbons (Fsp3) is 0.182. The van der Waals surface area contributed by atoms with Gasteiger partial charge in [-0.1, -0.05) is 0 Å². The minimum atomic E-state index is -0.609. The second kappa shape index (κ2) is 4.14. The molecule has 0 fully saturated rings. The molecule has 5 heteroatoms. The van der Waals surface area contributed by atoms with Gasteiger partial charge in [0.15, 0.2) is 0 Å². The number of nitrogens with zero attached hydrogens (tertiary/aromatic N) is 1. The Kier molecular flexibility index (Phi) is 2.68. The summed E-state index contributed by atoms with van der Waals surface area (Å²) in [5.74, 6) is -0.609. The van der Waals surface area contributed by atoms with Crippen LogP contribution < -0.4 is 5.43 Å². The zero-order valence-corrected chi connectivity index (χ0v) is 8.69. The fourth-order valence-electron chi connectivity index (χ4n) is 1.43. The molecule has 0 spiro atoms. The van der Waals surface area contributed by atoms with Crippen molar-refractivity contribution in [3.05, 3.63) is 40.4 Å². The lowest BCUT2D eigenvalue weighted by atomic mass is 10.2. The molecule has 0 radical (unpaired) electrons. The highest BCUT2D eigenvalue weighted by atomic mass is 16.5. The maximum absolute atomic E-state index is 11.9. The number of aromatic amines is 1. The van der Waals surface area contributed by atoms with Crippen LogP contribution in [0.1, 0.15) is 17.3 Å². The van der Waals surface area contributed by atoms with E-state index >= 15 is 0 Å². The zero-order chi connectivity index (χ0) is 11.5. The molecule has 0 saturated carbocycles. The molecule has 5 nitrogen and oxygen atoms in total. The molecule has 2 rings (SSSR count). The second-order valence-corrected chi connectivity index (χ2v) is 3.17. The van der Waals surface area contributed by atoms with Crippen LogP contribution in [0, 0.1) is 0 Å². The third-order valence-corrected chi connectivity index (χ3v) is 2.18. The lowest BCUT2D eigenvalue weighted by molar-refractivity contribution is 0.0524. The van der Waals surface area contributed by atoms with E-state index in [-0.39, 0.29) is 17.6 Å². The molecule has 0 amide bonds. The summed E-state index contributed by atoms with van der Waals surface area (Å²) < 4.78 is 4.78. The van der Waals surface area contributed by atoms with Gasteiger partial charge in [-0.15, -0.1) is 0 Å². The maximum atomic E-state index is 11.9. The summed E-state index contributed by atoms with van der Waals surface area (Å²) in [7, 11) is 0. The summed E-state index contributed by atoms with van der Waals surface area (Å²) in [6, 6.07) is 1.57. The standard InChI is InChI=1S/C11H10N2O3/c1-2-16-11(15)8-5-13-9-6-12-4-3-7(9)10(8)14/h3-6H,2H2,1H3,(H,13,14). The Bertz CT molecular complexity index is 589. The quantitative estimate of drug-likeness (QED) is 0.766. The molecule has 0 atom stereocenters. The van der Waals surface area contributed by atoms with E-state index in [0.29, 0.717) is 10.9 Å². The van der Waals surface area contributed by atoms with E-state index in [9.17, 15) is 9.59 Å². The molecule has 0 bridgehead atoms. The molecule has 0 saturated heterocycles. The number of carbonyl (C=O) groups is 1. The van der Waals surface area contributed by atoms with Gasteiger partial charge in [-0.25, -0.2) is 4.79 Å². The number of ether oxygens (including phenoxy) is 1. The third kappa shape index (κ3) is 1.67. The number of hydrogen-bond acceptors (Lipinski definition) is 4. The Labute approximate surface area is 91.1 Å². The van der Waals surface area contributed by atoms with Crippen molar-refractivity contribution in [2.75, 3.05) is 6.61 Å². The molecule has 0 aliphatic carbocycles. The van der Waals surface area contributed by atoms with Gasteiger partial charge >= 0.3 is 5.97 Å². The number of fused-ring (bicyclic) bond motifs is 1. The summed E-state index contributed by atoms with van der Waals surface area (Å²) in [6.07, 6.45) is 4.39. The van der Waals surface area contributed by atoms with Gasteiger partial charge in [-0.3, -0.25) is 9.78 Å². The van der Waals surface area contributed by atoms with Crippen molar-refractivity contribution >= 4 is 16.9 Å². The summed E-state index contributed by atoms with van der Waals surface area (Å²) in [6.45, 7) is 1.93. The second-order valence-electron chi connectivity index (χ2n) is 3.17. The van der Waals surface area contributed by atoms with Crippen molar-refractivity contribution in [1.82, 2.24) is 9.97 Å². The van der Waals surface area contributed by atoms with Gasteiger partial charge < -0.3 is 9.72 Å². The number of carbonyl (C=O) groups excluding carboxylic acids is 1. The molecule has 16 heavy (non-hydrogen) atoms. The Morgan fingerprint density at radius 2 is 2.38 bits per heavy atom. The Morgan fingerprint density at radius 1 is 1.56 bits per heavy atom. The van der Waals surface area contributed by atoms with Gasteiger partial charge in [-0.05, 0) is 13.0 Å². The first kappa shape index (κ1) is 10.4. The van der Waals surface area contributed by atoms with Gasteiger partial charge in [0, 0.05) is 17.8 Å². The van der Waals surface area contributed by atoms with Crippen LogP contribution in [-0.2, 0) is 4.74 Å². The van der Waals surface area contributed by atoms with Gasteiger partial charge in [0.1, 0.15) is 5.56 Å². The maximum Gasteiger partial charge on any atom is 0.343 e. The fourth-order valence-corrected chi connectivity index (χ4v) is 1.43. The SMILES string of the molecule is CCOC(=O)c1c[nH]c2cnccc2c1=O. The van der Waals surface area contributed by atoms with Crippen molar-refractivity contribution in [2.24, 2.45) is 0 Å². The number of pyridine rings is 2. The molecule has 82 valence electrons. The van der Waals surface area contributed by atoms with Crippen LogP contribution in [-0.4, -0.2) is 22.5 Å². The molecule has 0 unspecified atom stereocenters. The number of hydrogen-bond donors (Lipinski definition) is 1. The molecule has 2 aromatic heterocycles. The Morgan fingerprint density at radius 3 is 3.12 bits per heavy atom. The van der Waals surface area contributed by atoms with E-state index in [1.54, 1.807) is 13.0 Å². The van der Waals surface area contributed by atoms with E-state index in [1.807, 2.05) is 0 Å². The molecule has 0 aliphatic rings. The largest absolute Gasteiger partial charge is 0.462 e. The van der Waals surface area contributed by atoms with Crippen LogP contribution in [0.2, 0.25) is 0 Å². The van der Waals surface area contributed by atoms with Crippen molar-refractivity contribution in [2.45, 2.75) is 6.92 Å². The van der Waals surface area contributed by atoms with Crippen LogP contribution in [0.15, 0.2) is 29.5 Å². The summed E-state index contributed by atoms with van der Waals surface area (Å²) in [5.41, 5.74) is 0.274. The van der Waals surface area contributed by atoms with Crippen LogP contribution in [0.4, 0.5) is 0 Å². The van der Waals surface area contributed by atoms with Crippen molar-refractivity contribution < 1.29 is 9.53 Å².